The SMILES string of the molecule is O=c1c2ccccc2[nH]c2c([N+](=O)[O-])ccc(NCCNc3c4ccccc4nc4cccc([N+](=O)[O-])c34)c12. The molecule has 0 bridgehead atoms. The number of hydrogen-bond donors (Lipinski definition) is 3. The molecule has 6 rings (SSSR count). The van der Waals surface area contributed by atoms with Gasteiger partial charge in [-0.05, 0) is 30.3 Å². The molecule has 2 heterocycles. The predicted molar refractivity (Wildman–Crippen MR) is 152 cm³/mol. The van der Waals surface area contributed by atoms with E-state index < -0.39 is 9.85 Å². The van der Waals surface area contributed by atoms with Crippen molar-refractivity contribution in [3.63, 3.8) is 0 Å². The van der Waals surface area contributed by atoms with E-state index >= 15 is 0 Å². The number of fused-ring (bicyclic) bond motifs is 4. The highest BCUT2D eigenvalue weighted by Gasteiger charge is 2.20. The predicted octanol–water partition coefficient (Wildman–Crippen LogP) is 5.72. The summed E-state index contributed by atoms with van der Waals surface area (Å²) in [5.74, 6) is 0. The lowest BCUT2D eigenvalue weighted by molar-refractivity contribution is -0.383. The van der Waals surface area contributed by atoms with Crippen molar-refractivity contribution in [3.05, 3.63) is 109 Å². The van der Waals surface area contributed by atoms with E-state index in [-0.39, 0.29) is 27.7 Å². The minimum Gasteiger partial charge on any atom is -0.383 e. The summed E-state index contributed by atoms with van der Waals surface area (Å²) in [6, 6.07) is 21.9. The molecule has 0 spiro atoms. The van der Waals surface area contributed by atoms with Gasteiger partial charge in [0.1, 0.15) is 10.9 Å². The molecular weight excluding hydrogens is 500 g/mol. The number of H-pyrrole nitrogens is 1. The Morgan fingerprint density at radius 1 is 0.718 bits per heavy atom. The number of para-hydroxylation sites is 2. The van der Waals surface area contributed by atoms with Crippen molar-refractivity contribution in [2.24, 2.45) is 0 Å². The van der Waals surface area contributed by atoms with Crippen LogP contribution in [0.1, 0.15) is 0 Å². The number of nitro groups is 2. The molecule has 0 atom stereocenters. The van der Waals surface area contributed by atoms with Gasteiger partial charge in [-0.1, -0.05) is 36.4 Å². The van der Waals surface area contributed by atoms with Gasteiger partial charge in [-0.15, -0.1) is 0 Å². The van der Waals surface area contributed by atoms with E-state index in [4.69, 9.17) is 0 Å². The van der Waals surface area contributed by atoms with Crippen LogP contribution in [0.25, 0.3) is 43.6 Å². The second-order valence-corrected chi connectivity index (χ2v) is 8.92. The highest BCUT2D eigenvalue weighted by molar-refractivity contribution is 6.11. The van der Waals surface area contributed by atoms with Gasteiger partial charge in [0, 0.05) is 47.2 Å². The van der Waals surface area contributed by atoms with Crippen molar-refractivity contribution < 1.29 is 9.85 Å². The summed E-state index contributed by atoms with van der Waals surface area (Å²) < 4.78 is 0. The van der Waals surface area contributed by atoms with Crippen molar-refractivity contribution in [3.8, 4) is 0 Å². The molecule has 0 aliphatic rings. The zero-order valence-electron chi connectivity index (χ0n) is 20.3. The first kappa shape index (κ1) is 23.8. The maximum atomic E-state index is 13.4. The Bertz CT molecular complexity index is 2020. The third kappa shape index (κ3) is 4.02. The molecule has 4 aromatic carbocycles. The lowest BCUT2D eigenvalue weighted by Crippen LogP contribution is -2.16. The third-order valence-corrected chi connectivity index (χ3v) is 6.66. The summed E-state index contributed by atoms with van der Waals surface area (Å²) in [4.78, 5) is 43.5. The lowest BCUT2D eigenvalue weighted by Gasteiger charge is -2.15. The summed E-state index contributed by atoms with van der Waals surface area (Å²) in [6.45, 7) is 0.650. The van der Waals surface area contributed by atoms with Crippen LogP contribution in [-0.2, 0) is 0 Å². The van der Waals surface area contributed by atoms with Crippen LogP contribution in [-0.4, -0.2) is 32.9 Å². The van der Waals surface area contributed by atoms with Crippen LogP contribution in [0.15, 0.2) is 83.7 Å². The fourth-order valence-corrected chi connectivity index (χ4v) is 4.96. The number of benzene rings is 4. The number of hydrogen-bond acceptors (Lipinski definition) is 8. The maximum Gasteiger partial charge on any atom is 0.293 e. The van der Waals surface area contributed by atoms with Crippen molar-refractivity contribution in [1.29, 1.82) is 0 Å². The average molecular weight is 521 g/mol. The third-order valence-electron chi connectivity index (χ3n) is 6.66. The fraction of sp³-hybridized carbons (Fsp3) is 0.0714. The van der Waals surface area contributed by atoms with Gasteiger partial charge >= 0.3 is 0 Å². The molecule has 39 heavy (non-hydrogen) atoms. The van der Waals surface area contributed by atoms with Gasteiger partial charge < -0.3 is 15.6 Å². The normalized spacial score (nSPS) is 11.3. The molecule has 0 amide bonds. The second-order valence-electron chi connectivity index (χ2n) is 8.92. The van der Waals surface area contributed by atoms with Crippen LogP contribution < -0.4 is 16.1 Å². The summed E-state index contributed by atoms with van der Waals surface area (Å²) in [5, 5.41) is 31.8. The van der Waals surface area contributed by atoms with Gasteiger partial charge in [0.05, 0.1) is 32.0 Å². The van der Waals surface area contributed by atoms with Crippen LogP contribution in [0.4, 0.5) is 22.7 Å². The van der Waals surface area contributed by atoms with Crippen LogP contribution in [0.5, 0.6) is 0 Å². The highest BCUT2D eigenvalue weighted by Crippen LogP contribution is 2.36. The number of aromatic amines is 1. The van der Waals surface area contributed by atoms with Gasteiger partial charge in [-0.25, -0.2) is 4.98 Å². The molecular formula is C28H20N6O5. The van der Waals surface area contributed by atoms with Crippen LogP contribution >= 0.6 is 0 Å². The number of nitrogens with one attached hydrogen (secondary N) is 3. The zero-order chi connectivity index (χ0) is 27.1. The number of aromatic nitrogens is 2. The molecule has 11 heteroatoms. The molecule has 0 aliphatic heterocycles. The lowest BCUT2D eigenvalue weighted by atomic mass is 10.1. The first-order valence-corrected chi connectivity index (χ1v) is 12.1. The number of rotatable bonds is 7. The molecule has 0 saturated heterocycles. The first-order chi connectivity index (χ1) is 18.9. The Balaban J connectivity index is 1.37. The van der Waals surface area contributed by atoms with Crippen LogP contribution in [0, 0.1) is 20.2 Å². The van der Waals surface area contributed by atoms with E-state index in [0.717, 1.165) is 5.39 Å². The van der Waals surface area contributed by atoms with E-state index in [0.29, 0.717) is 51.8 Å². The summed E-state index contributed by atoms with van der Waals surface area (Å²) in [7, 11) is 0. The summed E-state index contributed by atoms with van der Waals surface area (Å²) in [5.41, 5.74) is 2.30. The van der Waals surface area contributed by atoms with Crippen LogP contribution in [0.3, 0.4) is 0 Å². The number of pyridine rings is 2. The van der Waals surface area contributed by atoms with Gasteiger partial charge in [0.15, 0.2) is 5.43 Å². The monoisotopic (exact) mass is 520 g/mol. The Morgan fingerprint density at radius 3 is 2.21 bits per heavy atom. The van der Waals surface area contributed by atoms with E-state index in [9.17, 15) is 25.0 Å². The van der Waals surface area contributed by atoms with E-state index in [1.54, 1.807) is 36.4 Å². The smallest absolute Gasteiger partial charge is 0.293 e. The summed E-state index contributed by atoms with van der Waals surface area (Å²) in [6.07, 6.45) is 0. The molecule has 2 aromatic heterocycles. The Kier molecular flexibility index (Phi) is 5.72. The average Bonchev–Trinajstić information content (AvgIpc) is 2.94. The first-order valence-electron chi connectivity index (χ1n) is 12.1. The Morgan fingerprint density at radius 2 is 1.41 bits per heavy atom. The molecule has 0 unspecified atom stereocenters. The van der Waals surface area contributed by atoms with Crippen molar-refractivity contribution in [2.45, 2.75) is 0 Å². The number of nitrogens with zero attached hydrogens (tertiary/aromatic N) is 3. The zero-order valence-corrected chi connectivity index (χ0v) is 20.3. The van der Waals surface area contributed by atoms with E-state index in [1.807, 2.05) is 24.3 Å². The minimum atomic E-state index is -0.523. The van der Waals surface area contributed by atoms with Crippen molar-refractivity contribution in [2.75, 3.05) is 23.7 Å². The Hall–Kier alpha value is -5.58. The molecule has 6 aromatic rings. The van der Waals surface area contributed by atoms with Gasteiger partial charge in [0.25, 0.3) is 11.4 Å². The fourth-order valence-electron chi connectivity index (χ4n) is 4.96. The highest BCUT2D eigenvalue weighted by atomic mass is 16.6. The topological polar surface area (TPSA) is 156 Å². The minimum absolute atomic E-state index is 0.0546. The number of nitro benzene ring substituents is 2. The van der Waals surface area contributed by atoms with Gasteiger partial charge in [-0.3, -0.25) is 25.0 Å². The molecule has 0 fully saturated rings. The van der Waals surface area contributed by atoms with E-state index in [1.165, 1.54) is 18.2 Å². The molecule has 192 valence electrons. The van der Waals surface area contributed by atoms with Crippen molar-refractivity contribution in [1.82, 2.24) is 9.97 Å². The van der Waals surface area contributed by atoms with Crippen LogP contribution in [0.2, 0.25) is 0 Å². The molecule has 0 saturated carbocycles. The molecule has 3 N–H and O–H groups in total. The maximum absolute atomic E-state index is 13.4. The van der Waals surface area contributed by atoms with Gasteiger partial charge in [-0.2, -0.15) is 0 Å². The van der Waals surface area contributed by atoms with E-state index in [2.05, 4.69) is 20.6 Å². The largest absolute Gasteiger partial charge is 0.383 e. The number of anilines is 2. The molecule has 0 radical (unpaired) electrons. The van der Waals surface area contributed by atoms with Gasteiger partial charge in [0.2, 0.25) is 0 Å². The Labute approximate surface area is 219 Å². The standard InChI is InChI=1S/C28H20N6O5/c35-28-17-7-2-4-9-19(17)32-27-23(34(38)39)13-12-20(25(27)28)29-14-15-30-26-16-6-1-3-8-18(16)31-21-10-5-11-22(24(21)26)33(36)37/h1-13,29H,14-15H2,(H,30,31)(H,32,35). The summed E-state index contributed by atoms with van der Waals surface area (Å²) >= 11 is 0. The van der Waals surface area contributed by atoms with Crippen molar-refractivity contribution >= 4 is 66.4 Å². The quantitative estimate of drug-likeness (QED) is 0.104. The molecule has 11 nitrogen and oxygen atoms in total. The second kappa shape index (κ2) is 9.38. The molecule has 0 aliphatic carbocycles. The number of non-ortho nitro benzene ring substituents is 2.